The summed E-state index contributed by atoms with van der Waals surface area (Å²) < 4.78 is 7.10. The van der Waals surface area contributed by atoms with Crippen LogP contribution in [0.5, 0.6) is 0 Å². The van der Waals surface area contributed by atoms with E-state index >= 15 is 0 Å². The third-order valence-corrected chi connectivity index (χ3v) is 3.02. The summed E-state index contributed by atoms with van der Waals surface area (Å²) in [7, 11) is 1.25. The summed E-state index contributed by atoms with van der Waals surface area (Å²) in [6, 6.07) is 6.40. The molecule has 0 atom stereocenters. The minimum Gasteiger partial charge on any atom is -0.463 e. The zero-order valence-corrected chi connectivity index (χ0v) is 12.1. The Morgan fingerprint density at radius 2 is 1.90 bits per heavy atom. The van der Waals surface area contributed by atoms with Crippen molar-refractivity contribution in [2.45, 2.75) is 19.9 Å². The van der Waals surface area contributed by atoms with Crippen LogP contribution in [0.15, 0.2) is 29.1 Å². The van der Waals surface area contributed by atoms with E-state index in [0.29, 0.717) is 10.7 Å². The van der Waals surface area contributed by atoms with Crippen molar-refractivity contribution in [3.63, 3.8) is 0 Å². The van der Waals surface area contributed by atoms with Crippen LogP contribution >= 0.6 is 11.6 Å². The van der Waals surface area contributed by atoms with Gasteiger partial charge in [-0.05, 0) is 38.1 Å². The fourth-order valence-electron chi connectivity index (χ4n) is 1.82. The van der Waals surface area contributed by atoms with E-state index in [4.69, 9.17) is 11.6 Å². The molecule has 0 saturated carbocycles. The summed E-state index contributed by atoms with van der Waals surface area (Å²) in [6.45, 7) is 3.59. The van der Waals surface area contributed by atoms with Crippen molar-refractivity contribution in [1.29, 1.82) is 0 Å². The number of hydrogen-bond acceptors (Lipinski definition) is 4. The standard InChI is InChI=1S/C13H14ClN3O3/c1-8(2)16-11(12(18)20-3)15-17(13(16)19)10-6-4-9(14)5-7-10/h4-8H,1-3H3. The molecule has 0 N–H and O–H groups in total. The zero-order valence-electron chi connectivity index (χ0n) is 11.3. The molecule has 0 aliphatic carbocycles. The van der Waals surface area contributed by atoms with Crippen LogP contribution < -0.4 is 5.69 Å². The molecular formula is C13H14ClN3O3. The molecule has 1 heterocycles. The number of halogens is 1. The summed E-state index contributed by atoms with van der Waals surface area (Å²) in [4.78, 5) is 24.1. The van der Waals surface area contributed by atoms with Crippen LogP contribution in [-0.2, 0) is 4.74 Å². The minimum absolute atomic E-state index is 0.0255. The van der Waals surface area contributed by atoms with Crippen molar-refractivity contribution in [1.82, 2.24) is 14.3 Å². The number of rotatable bonds is 3. The second-order valence-corrected chi connectivity index (χ2v) is 4.89. The average molecular weight is 296 g/mol. The summed E-state index contributed by atoms with van der Waals surface area (Å²) in [5.41, 5.74) is 0.131. The molecule has 0 aliphatic rings. The van der Waals surface area contributed by atoms with Gasteiger partial charge in [0.2, 0.25) is 5.82 Å². The molecule has 0 bridgehead atoms. The topological polar surface area (TPSA) is 66.1 Å². The second-order valence-electron chi connectivity index (χ2n) is 4.45. The van der Waals surface area contributed by atoms with Crippen LogP contribution in [0.2, 0.25) is 5.02 Å². The number of methoxy groups -OCH3 is 1. The molecule has 20 heavy (non-hydrogen) atoms. The van der Waals surface area contributed by atoms with E-state index in [0.717, 1.165) is 4.68 Å². The smallest absolute Gasteiger partial charge is 0.376 e. The van der Waals surface area contributed by atoms with Crippen molar-refractivity contribution in [2.75, 3.05) is 7.11 Å². The molecule has 0 aliphatic heterocycles. The molecule has 1 aromatic carbocycles. The third-order valence-electron chi connectivity index (χ3n) is 2.77. The van der Waals surface area contributed by atoms with Crippen molar-refractivity contribution in [2.24, 2.45) is 0 Å². The molecule has 7 heteroatoms. The number of hydrogen-bond donors (Lipinski definition) is 0. The molecule has 2 aromatic rings. The Bertz CT molecular complexity index is 686. The Morgan fingerprint density at radius 3 is 2.40 bits per heavy atom. The van der Waals surface area contributed by atoms with Crippen LogP contribution in [0.4, 0.5) is 0 Å². The molecule has 0 unspecified atom stereocenters. The number of carbonyl (C=O) groups is 1. The molecule has 2 rings (SSSR count). The summed E-state index contributed by atoms with van der Waals surface area (Å²) in [5, 5.41) is 4.61. The lowest BCUT2D eigenvalue weighted by molar-refractivity contribution is 0.0578. The van der Waals surface area contributed by atoms with E-state index in [1.54, 1.807) is 38.1 Å². The van der Waals surface area contributed by atoms with Gasteiger partial charge in [-0.3, -0.25) is 4.57 Å². The molecule has 1 aromatic heterocycles. The number of aromatic nitrogens is 3. The number of esters is 1. The first-order valence-electron chi connectivity index (χ1n) is 6.01. The van der Waals surface area contributed by atoms with Crippen molar-refractivity contribution in [3.05, 3.63) is 45.6 Å². The van der Waals surface area contributed by atoms with Crippen molar-refractivity contribution in [3.8, 4) is 5.69 Å². The highest BCUT2D eigenvalue weighted by Gasteiger charge is 2.22. The lowest BCUT2D eigenvalue weighted by Gasteiger charge is -2.06. The first kappa shape index (κ1) is 14.3. The van der Waals surface area contributed by atoms with E-state index in [-0.39, 0.29) is 11.9 Å². The second kappa shape index (κ2) is 5.50. The maximum atomic E-state index is 12.4. The maximum absolute atomic E-state index is 12.4. The first-order valence-corrected chi connectivity index (χ1v) is 6.39. The fourth-order valence-corrected chi connectivity index (χ4v) is 1.95. The summed E-state index contributed by atoms with van der Waals surface area (Å²) in [6.07, 6.45) is 0. The van der Waals surface area contributed by atoms with Gasteiger partial charge in [-0.2, -0.15) is 4.68 Å². The van der Waals surface area contributed by atoms with Gasteiger partial charge in [-0.1, -0.05) is 11.6 Å². The van der Waals surface area contributed by atoms with E-state index in [1.807, 2.05) is 0 Å². The maximum Gasteiger partial charge on any atom is 0.376 e. The SMILES string of the molecule is COC(=O)c1nn(-c2ccc(Cl)cc2)c(=O)n1C(C)C. The minimum atomic E-state index is -0.650. The van der Waals surface area contributed by atoms with E-state index in [9.17, 15) is 9.59 Å². The van der Waals surface area contributed by atoms with E-state index in [2.05, 4.69) is 9.84 Å². The fraction of sp³-hybridized carbons (Fsp3) is 0.308. The Kier molecular flexibility index (Phi) is 3.94. The normalized spacial score (nSPS) is 10.8. The van der Waals surface area contributed by atoms with Crippen LogP contribution in [0.1, 0.15) is 30.5 Å². The third kappa shape index (κ3) is 2.46. The molecule has 0 saturated heterocycles. The largest absolute Gasteiger partial charge is 0.463 e. The molecular weight excluding hydrogens is 282 g/mol. The molecule has 0 amide bonds. The van der Waals surface area contributed by atoms with Gasteiger partial charge in [0.05, 0.1) is 12.8 Å². The lowest BCUT2D eigenvalue weighted by Crippen LogP contribution is -2.26. The van der Waals surface area contributed by atoms with E-state index in [1.165, 1.54) is 11.7 Å². The molecule has 6 nitrogen and oxygen atoms in total. The van der Waals surface area contributed by atoms with Gasteiger partial charge in [-0.15, -0.1) is 5.10 Å². The van der Waals surface area contributed by atoms with Gasteiger partial charge < -0.3 is 4.74 Å². The Balaban J connectivity index is 2.64. The predicted octanol–water partition coefficient (Wildman–Crippen LogP) is 2.05. The highest BCUT2D eigenvalue weighted by molar-refractivity contribution is 6.30. The molecule has 0 radical (unpaired) electrons. The van der Waals surface area contributed by atoms with Crippen LogP contribution in [0.25, 0.3) is 5.69 Å². The predicted molar refractivity (Wildman–Crippen MR) is 74.6 cm³/mol. The summed E-state index contributed by atoms with van der Waals surface area (Å²) in [5.74, 6) is -0.675. The van der Waals surface area contributed by atoms with Gasteiger partial charge in [0.1, 0.15) is 0 Å². The first-order chi connectivity index (χ1) is 9.45. The number of benzene rings is 1. The van der Waals surface area contributed by atoms with Gasteiger partial charge in [-0.25, -0.2) is 9.59 Å². The van der Waals surface area contributed by atoms with Crippen molar-refractivity contribution < 1.29 is 9.53 Å². The van der Waals surface area contributed by atoms with Crippen molar-refractivity contribution >= 4 is 17.6 Å². The summed E-state index contributed by atoms with van der Waals surface area (Å²) >= 11 is 5.81. The lowest BCUT2D eigenvalue weighted by atomic mass is 10.3. The van der Waals surface area contributed by atoms with Crippen LogP contribution in [-0.4, -0.2) is 27.4 Å². The zero-order chi connectivity index (χ0) is 14.9. The Hall–Kier alpha value is -2.08. The Morgan fingerprint density at radius 1 is 1.30 bits per heavy atom. The van der Waals surface area contributed by atoms with Gasteiger partial charge >= 0.3 is 11.7 Å². The highest BCUT2D eigenvalue weighted by Crippen LogP contribution is 2.13. The monoisotopic (exact) mass is 295 g/mol. The Labute approximate surface area is 120 Å². The van der Waals surface area contributed by atoms with Crippen LogP contribution in [0.3, 0.4) is 0 Å². The molecule has 106 valence electrons. The average Bonchev–Trinajstić information content (AvgIpc) is 2.76. The highest BCUT2D eigenvalue weighted by atomic mass is 35.5. The number of nitrogens with zero attached hydrogens (tertiary/aromatic N) is 3. The van der Waals surface area contributed by atoms with Gasteiger partial charge in [0.25, 0.3) is 0 Å². The number of ether oxygens (including phenoxy) is 1. The van der Waals surface area contributed by atoms with Gasteiger partial charge in [0, 0.05) is 11.1 Å². The van der Waals surface area contributed by atoms with Gasteiger partial charge in [0.15, 0.2) is 0 Å². The van der Waals surface area contributed by atoms with E-state index < -0.39 is 11.7 Å². The number of carbonyl (C=O) groups excluding carboxylic acids is 1. The quantitative estimate of drug-likeness (QED) is 0.813. The molecule has 0 spiro atoms. The molecule has 0 fully saturated rings. The van der Waals surface area contributed by atoms with Crippen LogP contribution in [0, 0.1) is 0 Å².